The van der Waals surface area contributed by atoms with Crippen LogP contribution in [-0.2, 0) is 9.53 Å². The number of benzene rings is 2. The molecule has 0 atom stereocenters. The Bertz CT molecular complexity index is 1240. The number of hydrogen-bond acceptors (Lipinski definition) is 7. The third kappa shape index (κ3) is 6.41. The molecule has 2 amide bonds. The Labute approximate surface area is 225 Å². The Morgan fingerprint density at radius 2 is 1.86 bits per heavy atom. The van der Waals surface area contributed by atoms with Crippen molar-refractivity contribution in [3.05, 3.63) is 69.6 Å². The third-order valence-corrected chi connectivity index (χ3v) is 7.86. The van der Waals surface area contributed by atoms with E-state index in [0.717, 1.165) is 42.3 Å². The summed E-state index contributed by atoms with van der Waals surface area (Å²) >= 11 is 7.48. The number of amides is 2. The van der Waals surface area contributed by atoms with E-state index in [-0.39, 0.29) is 24.3 Å². The average molecular weight is 541 g/mol. The summed E-state index contributed by atoms with van der Waals surface area (Å²) in [5.41, 5.74) is 2.19. The number of hydrogen-bond donors (Lipinski definition) is 1. The second kappa shape index (κ2) is 11.9. The van der Waals surface area contributed by atoms with Gasteiger partial charge in [0.2, 0.25) is 0 Å². The molecule has 0 unspecified atom stereocenters. The van der Waals surface area contributed by atoms with Crippen LogP contribution in [0.5, 0.6) is 5.75 Å². The van der Waals surface area contributed by atoms with E-state index in [2.05, 4.69) is 15.2 Å². The number of nitrogens with zero attached hydrogens (tertiary/aromatic N) is 3. The first kappa shape index (κ1) is 25.5. The second-order valence-electron chi connectivity index (χ2n) is 9.04. The highest BCUT2D eigenvalue weighted by atomic mass is 35.5. The SMILES string of the molecule is O=C(Nc1ccccc1N1CCOCC1)c1csc(C2CCN(C(=O)COc3cccc(Cl)c3)CC2)n1. The lowest BCUT2D eigenvalue weighted by molar-refractivity contribution is -0.134. The smallest absolute Gasteiger partial charge is 0.275 e. The van der Waals surface area contributed by atoms with Crippen LogP contribution in [0.2, 0.25) is 5.02 Å². The molecule has 194 valence electrons. The van der Waals surface area contributed by atoms with E-state index in [9.17, 15) is 9.59 Å². The maximum Gasteiger partial charge on any atom is 0.275 e. The fraction of sp³-hybridized carbons (Fsp3) is 0.370. The molecule has 2 saturated heterocycles. The average Bonchev–Trinajstić information content (AvgIpc) is 3.43. The number of piperidine rings is 1. The molecule has 2 aromatic carbocycles. The Morgan fingerprint density at radius 1 is 1.08 bits per heavy atom. The lowest BCUT2D eigenvalue weighted by atomic mass is 9.97. The summed E-state index contributed by atoms with van der Waals surface area (Å²) in [4.78, 5) is 34.3. The Morgan fingerprint density at radius 3 is 2.65 bits per heavy atom. The standard InChI is InChI=1S/C27H29ClN4O4S/c28-20-4-3-5-21(16-20)36-17-25(33)32-10-8-19(9-11-32)27-30-23(18-37-27)26(34)29-22-6-1-2-7-24(22)31-12-14-35-15-13-31/h1-7,16,18-19H,8-15,17H2,(H,29,34). The van der Waals surface area contributed by atoms with Crippen LogP contribution in [-0.4, -0.2) is 67.7 Å². The van der Waals surface area contributed by atoms with Gasteiger partial charge in [-0.15, -0.1) is 11.3 Å². The lowest BCUT2D eigenvalue weighted by Gasteiger charge is -2.31. The molecule has 37 heavy (non-hydrogen) atoms. The lowest BCUT2D eigenvalue weighted by Crippen LogP contribution is -2.40. The van der Waals surface area contributed by atoms with E-state index in [4.69, 9.17) is 21.1 Å². The molecule has 0 aliphatic carbocycles. The number of carbonyl (C=O) groups is 2. The monoisotopic (exact) mass is 540 g/mol. The predicted octanol–water partition coefficient (Wildman–Crippen LogP) is 4.67. The first-order chi connectivity index (χ1) is 18.1. The molecule has 0 bridgehead atoms. The summed E-state index contributed by atoms with van der Waals surface area (Å²) in [6.45, 7) is 4.20. The van der Waals surface area contributed by atoms with Gasteiger partial charge in [0.25, 0.3) is 11.8 Å². The van der Waals surface area contributed by atoms with E-state index < -0.39 is 0 Å². The summed E-state index contributed by atoms with van der Waals surface area (Å²) in [5.74, 6) is 0.549. The summed E-state index contributed by atoms with van der Waals surface area (Å²) < 4.78 is 11.1. The zero-order valence-electron chi connectivity index (χ0n) is 20.4. The van der Waals surface area contributed by atoms with E-state index >= 15 is 0 Å². The van der Waals surface area contributed by atoms with Crippen LogP contribution in [0.1, 0.15) is 34.3 Å². The van der Waals surface area contributed by atoms with Gasteiger partial charge in [-0.3, -0.25) is 9.59 Å². The summed E-state index contributed by atoms with van der Waals surface area (Å²) in [5, 5.41) is 6.37. The molecule has 0 spiro atoms. The number of anilines is 2. The van der Waals surface area contributed by atoms with Crippen LogP contribution < -0.4 is 15.0 Å². The van der Waals surface area contributed by atoms with Crippen molar-refractivity contribution < 1.29 is 19.1 Å². The quantitative estimate of drug-likeness (QED) is 0.469. The Balaban J connectivity index is 1.14. The van der Waals surface area contributed by atoms with Crippen LogP contribution in [0.4, 0.5) is 11.4 Å². The molecule has 3 heterocycles. The molecular formula is C27H29ClN4O4S. The maximum atomic E-state index is 13.0. The first-order valence-corrected chi connectivity index (χ1v) is 13.7. The molecular weight excluding hydrogens is 512 g/mol. The minimum absolute atomic E-state index is 0.0154. The molecule has 2 fully saturated rings. The van der Waals surface area contributed by atoms with Crippen molar-refractivity contribution in [1.82, 2.24) is 9.88 Å². The van der Waals surface area contributed by atoms with Gasteiger partial charge < -0.3 is 24.6 Å². The number of para-hydroxylation sites is 2. The molecule has 2 aliphatic rings. The number of morpholine rings is 1. The number of rotatable bonds is 7. The van der Waals surface area contributed by atoms with E-state index in [1.807, 2.05) is 34.5 Å². The number of ether oxygens (including phenoxy) is 2. The number of carbonyl (C=O) groups excluding carboxylic acids is 2. The minimum Gasteiger partial charge on any atom is -0.484 e. The van der Waals surface area contributed by atoms with Gasteiger partial charge in [0.15, 0.2) is 6.61 Å². The van der Waals surface area contributed by atoms with Crippen LogP contribution in [0.25, 0.3) is 0 Å². The van der Waals surface area contributed by atoms with Crippen molar-refractivity contribution in [3.8, 4) is 5.75 Å². The van der Waals surface area contributed by atoms with Crippen molar-refractivity contribution >= 4 is 46.1 Å². The summed E-state index contributed by atoms with van der Waals surface area (Å²) in [6, 6.07) is 14.9. The van der Waals surface area contributed by atoms with Gasteiger partial charge in [-0.25, -0.2) is 4.98 Å². The van der Waals surface area contributed by atoms with Crippen molar-refractivity contribution in [2.45, 2.75) is 18.8 Å². The van der Waals surface area contributed by atoms with E-state index in [1.54, 1.807) is 24.3 Å². The number of aromatic nitrogens is 1. The molecule has 0 saturated carbocycles. The molecule has 2 aliphatic heterocycles. The van der Waals surface area contributed by atoms with E-state index in [1.165, 1.54) is 11.3 Å². The molecule has 1 aromatic heterocycles. The van der Waals surface area contributed by atoms with Crippen molar-refractivity contribution in [1.29, 1.82) is 0 Å². The Kier molecular flexibility index (Phi) is 8.23. The summed E-state index contributed by atoms with van der Waals surface area (Å²) in [7, 11) is 0. The zero-order chi connectivity index (χ0) is 25.6. The minimum atomic E-state index is -0.214. The number of halogens is 1. The van der Waals surface area contributed by atoms with Gasteiger partial charge in [0, 0.05) is 42.5 Å². The number of thiazole rings is 1. The Hall–Kier alpha value is -3.14. The largest absolute Gasteiger partial charge is 0.484 e. The van der Waals surface area contributed by atoms with Crippen LogP contribution in [0.3, 0.4) is 0 Å². The molecule has 5 rings (SSSR count). The van der Waals surface area contributed by atoms with Gasteiger partial charge in [-0.1, -0.05) is 29.8 Å². The normalized spacial score (nSPS) is 16.5. The highest BCUT2D eigenvalue weighted by molar-refractivity contribution is 7.10. The molecule has 0 radical (unpaired) electrons. The molecule has 8 nitrogen and oxygen atoms in total. The predicted molar refractivity (Wildman–Crippen MR) is 145 cm³/mol. The van der Waals surface area contributed by atoms with Gasteiger partial charge >= 0.3 is 0 Å². The fourth-order valence-corrected chi connectivity index (χ4v) is 5.75. The summed E-state index contributed by atoms with van der Waals surface area (Å²) in [6.07, 6.45) is 1.61. The zero-order valence-corrected chi connectivity index (χ0v) is 22.0. The van der Waals surface area contributed by atoms with Gasteiger partial charge in [0.05, 0.1) is 29.6 Å². The molecule has 3 aromatic rings. The topological polar surface area (TPSA) is 84.0 Å². The van der Waals surface area contributed by atoms with Gasteiger partial charge in [0.1, 0.15) is 11.4 Å². The number of nitrogens with one attached hydrogen (secondary N) is 1. The van der Waals surface area contributed by atoms with Crippen LogP contribution in [0.15, 0.2) is 53.9 Å². The van der Waals surface area contributed by atoms with Crippen molar-refractivity contribution in [2.24, 2.45) is 0 Å². The van der Waals surface area contributed by atoms with Crippen LogP contribution >= 0.6 is 22.9 Å². The van der Waals surface area contributed by atoms with Crippen molar-refractivity contribution in [2.75, 3.05) is 56.2 Å². The highest BCUT2D eigenvalue weighted by Crippen LogP contribution is 2.31. The second-order valence-corrected chi connectivity index (χ2v) is 10.4. The van der Waals surface area contributed by atoms with Crippen LogP contribution in [0, 0.1) is 0 Å². The highest BCUT2D eigenvalue weighted by Gasteiger charge is 2.27. The molecule has 10 heteroatoms. The molecule has 1 N–H and O–H groups in total. The van der Waals surface area contributed by atoms with Gasteiger partial charge in [-0.05, 0) is 43.2 Å². The fourth-order valence-electron chi connectivity index (χ4n) is 4.59. The maximum absolute atomic E-state index is 13.0. The van der Waals surface area contributed by atoms with Gasteiger partial charge in [-0.2, -0.15) is 0 Å². The van der Waals surface area contributed by atoms with E-state index in [0.29, 0.717) is 42.8 Å². The van der Waals surface area contributed by atoms with Crippen molar-refractivity contribution in [3.63, 3.8) is 0 Å². The first-order valence-electron chi connectivity index (χ1n) is 12.4. The third-order valence-electron chi connectivity index (χ3n) is 6.61. The number of likely N-dealkylation sites (tertiary alicyclic amines) is 1.